The first-order valence-electron chi connectivity index (χ1n) is 7.35. The summed E-state index contributed by atoms with van der Waals surface area (Å²) < 4.78 is 0. The van der Waals surface area contributed by atoms with Gasteiger partial charge in [0, 0.05) is 12.6 Å². The molecule has 1 aliphatic heterocycles. The van der Waals surface area contributed by atoms with E-state index in [4.69, 9.17) is 0 Å². The molecule has 2 fully saturated rings. The van der Waals surface area contributed by atoms with Gasteiger partial charge in [-0.1, -0.05) is 26.2 Å². The second-order valence-corrected chi connectivity index (χ2v) is 5.57. The number of hydrogen-bond acceptors (Lipinski definition) is 2. The Morgan fingerprint density at radius 3 is 2.11 bits per heavy atom. The number of halogens is 2. The highest BCUT2D eigenvalue weighted by atomic mass is 35.5. The minimum atomic E-state index is 0. The van der Waals surface area contributed by atoms with E-state index in [9.17, 15) is 0 Å². The largest absolute Gasteiger partial charge is 0.317 e. The molecule has 0 atom stereocenters. The molecular weight excluding hydrogens is 267 g/mol. The van der Waals surface area contributed by atoms with Crippen molar-refractivity contribution in [3.8, 4) is 0 Å². The Kier molecular flexibility index (Phi) is 10.6. The summed E-state index contributed by atoms with van der Waals surface area (Å²) in [6.07, 6.45) is 10.1. The maximum absolute atomic E-state index is 3.47. The quantitative estimate of drug-likeness (QED) is 0.854. The predicted octanol–water partition coefficient (Wildman–Crippen LogP) is 3.48. The van der Waals surface area contributed by atoms with E-state index in [-0.39, 0.29) is 24.8 Å². The zero-order valence-electron chi connectivity index (χ0n) is 11.7. The normalized spacial score (nSPS) is 22.3. The highest BCUT2D eigenvalue weighted by Gasteiger charge is 2.23. The minimum absolute atomic E-state index is 0. The Morgan fingerprint density at radius 1 is 0.944 bits per heavy atom. The van der Waals surface area contributed by atoms with Crippen LogP contribution in [0.15, 0.2) is 0 Å². The van der Waals surface area contributed by atoms with Crippen molar-refractivity contribution in [2.45, 2.75) is 57.9 Å². The topological polar surface area (TPSA) is 15.3 Å². The summed E-state index contributed by atoms with van der Waals surface area (Å²) in [5.74, 6) is 0.961. The van der Waals surface area contributed by atoms with Crippen LogP contribution >= 0.6 is 24.8 Å². The molecule has 1 saturated carbocycles. The molecule has 2 rings (SSSR count). The third kappa shape index (κ3) is 5.64. The molecule has 1 heterocycles. The summed E-state index contributed by atoms with van der Waals surface area (Å²) in [6, 6.07) is 0.911. The van der Waals surface area contributed by atoms with Gasteiger partial charge in [0.2, 0.25) is 0 Å². The Morgan fingerprint density at radius 2 is 1.56 bits per heavy atom. The van der Waals surface area contributed by atoms with E-state index >= 15 is 0 Å². The van der Waals surface area contributed by atoms with Crippen molar-refractivity contribution >= 4 is 24.8 Å². The van der Waals surface area contributed by atoms with Crippen LogP contribution in [0.3, 0.4) is 0 Å². The molecule has 0 bridgehead atoms. The van der Waals surface area contributed by atoms with E-state index in [2.05, 4.69) is 17.1 Å². The van der Waals surface area contributed by atoms with Gasteiger partial charge in [-0.25, -0.2) is 0 Å². The van der Waals surface area contributed by atoms with Gasteiger partial charge in [0.1, 0.15) is 0 Å². The summed E-state index contributed by atoms with van der Waals surface area (Å²) in [5, 5.41) is 3.47. The van der Waals surface area contributed by atoms with Gasteiger partial charge >= 0.3 is 0 Å². The molecule has 0 spiro atoms. The molecular formula is C14H30Cl2N2. The van der Waals surface area contributed by atoms with Crippen LogP contribution in [0.4, 0.5) is 0 Å². The van der Waals surface area contributed by atoms with Gasteiger partial charge in [0.15, 0.2) is 0 Å². The van der Waals surface area contributed by atoms with E-state index in [0.717, 1.165) is 12.0 Å². The average molecular weight is 297 g/mol. The molecule has 1 aliphatic carbocycles. The Bertz CT molecular complexity index is 190. The minimum Gasteiger partial charge on any atom is -0.317 e. The number of nitrogens with one attached hydrogen (secondary N) is 1. The Labute approximate surface area is 125 Å². The van der Waals surface area contributed by atoms with Crippen molar-refractivity contribution < 1.29 is 0 Å². The van der Waals surface area contributed by atoms with Gasteiger partial charge in [-0.05, 0) is 51.2 Å². The van der Waals surface area contributed by atoms with E-state index in [1.54, 1.807) is 0 Å². The average Bonchev–Trinajstić information content (AvgIpc) is 2.38. The summed E-state index contributed by atoms with van der Waals surface area (Å²) in [5.41, 5.74) is 0. The molecule has 0 amide bonds. The van der Waals surface area contributed by atoms with Crippen molar-refractivity contribution in [1.29, 1.82) is 0 Å². The van der Waals surface area contributed by atoms with Crippen LogP contribution in [0.5, 0.6) is 0 Å². The van der Waals surface area contributed by atoms with E-state index in [0.29, 0.717) is 0 Å². The molecule has 110 valence electrons. The maximum Gasteiger partial charge on any atom is 0.00952 e. The second-order valence-electron chi connectivity index (χ2n) is 5.57. The molecule has 4 heteroatoms. The number of hydrogen-bond donors (Lipinski definition) is 1. The van der Waals surface area contributed by atoms with Crippen molar-refractivity contribution in [2.75, 3.05) is 26.2 Å². The van der Waals surface area contributed by atoms with E-state index in [1.165, 1.54) is 71.1 Å². The fourth-order valence-electron chi connectivity index (χ4n) is 3.38. The molecule has 0 aromatic rings. The van der Waals surface area contributed by atoms with E-state index in [1.807, 2.05) is 0 Å². The molecule has 0 radical (unpaired) electrons. The third-order valence-corrected chi connectivity index (χ3v) is 4.45. The fraction of sp³-hybridized carbons (Fsp3) is 1.00. The van der Waals surface area contributed by atoms with Crippen LogP contribution in [0.2, 0.25) is 0 Å². The van der Waals surface area contributed by atoms with Gasteiger partial charge in [0.25, 0.3) is 0 Å². The summed E-state index contributed by atoms with van der Waals surface area (Å²) in [7, 11) is 0. The number of piperidine rings is 1. The van der Waals surface area contributed by atoms with Crippen LogP contribution < -0.4 is 5.32 Å². The monoisotopic (exact) mass is 296 g/mol. The SMILES string of the molecule is CCN(CC1CCNCC1)C1CCCCC1.Cl.Cl. The molecule has 0 aromatic heterocycles. The van der Waals surface area contributed by atoms with E-state index < -0.39 is 0 Å². The van der Waals surface area contributed by atoms with Crippen molar-refractivity contribution in [2.24, 2.45) is 5.92 Å². The van der Waals surface area contributed by atoms with Crippen molar-refractivity contribution in [3.63, 3.8) is 0 Å². The summed E-state index contributed by atoms with van der Waals surface area (Å²) >= 11 is 0. The van der Waals surface area contributed by atoms with Crippen molar-refractivity contribution in [1.82, 2.24) is 10.2 Å². The zero-order chi connectivity index (χ0) is 11.2. The van der Waals surface area contributed by atoms with Crippen molar-refractivity contribution in [3.05, 3.63) is 0 Å². The predicted molar refractivity (Wildman–Crippen MR) is 84.2 cm³/mol. The number of rotatable bonds is 4. The molecule has 0 aromatic carbocycles. The Hall–Kier alpha value is 0.500. The first-order valence-corrected chi connectivity index (χ1v) is 7.35. The van der Waals surface area contributed by atoms with Crippen LogP contribution in [0.1, 0.15) is 51.9 Å². The van der Waals surface area contributed by atoms with Gasteiger partial charge in [0.05, 0.1) is 0 Å². The molecule has 2 aliphatic rings. The highest BCUT2D eigenvalue weighted by Crippen LogP contribution is 2.24. The summed E-state index contributed by atoms with van der Waals surface area (Å²) in [6.45, 7) is 7.45. The zero-order valence-corrected chi connectivity index (χ0v) is 13.3. The third-order valence-electron chi connectivity index (χ3n) is 4.45. The summed E-state index contributed by atoms with van der Waals surface area (Å²) in [4.78, 5) is 2.77. The number of nitrogens with zero attached hydrogens (tertiary/aromatic N) is 1. The standard InChI is InChI=1S/C14H28N2.2ClH/c1-2-16(14-6-4-3-5-7-14)12-13-8-10-15-11-9-13;;/h13-15H,2-12H2,1H3;2*1H. The molecule has 18 heavy (non-hydrogen) atoms. The van der Waals surface area contributed by atoms with Crippen LogP contribution in [-0.4, -0.2) is 37.1 Å². The van der Waals surface area contributed by atoms with Crippen LogP contribution in [0, 0.1) is 5.92 Å². The lowest BCUT2D eigenvalue weighted by atomic mass is 9.91. The maximum atomic E-state index is 3.47. The van der Waals surface area contributed by atoms with Gasteiger partial charge in [-0.15, -0.1) is 24.8 Å². The first kappa shape index (κ1) is 18.5. The molecule has 2 nitrogen and oxygen atoms in total. The van der Waals surface area contributed by atoms with Crippen LogP contribution in [-0.2, 0) is 0 Å². The first-order chi connectivity index (χ1) is 7.90. The lowest BCUT2D eigenvalue weighted by Crippen LogP contribution is -2.42. The molecule has 1 N–H and O–H groups in total. The van der Waals surface area contributed by atoms with Crippen LogP contribution in [0.25, 0.3) is 0 Å². The second kappa shape index (κ2) is 10.3. The smallest absolute Gasteiger partial charge is 0.00952 e. The molecule has 0 unspecified atom stereocenters. The highest BCUT2D eigenvalue weighted by molar-refractivity contribution is 5.85. The van der Waals surface area contributed by atoms with Gasteiger partial charge in [-0.3, -0.25) is 0 Å². The lowest BCUT2D eigenvalue weighted by Gasteiger charge is -2.37. The lowest BCUT2D eigenvalue weighted by molar-refractivity contribution is 0.129. The van der Waals surface area contributed by atoms with Gasteiger partial charge < -0.3 is 10.2 Å². The fourth-order valence-corrected chi connectivity index (χ4v) is 3.38. The Balaban J connectivity index is 0.00000144. The molecule has 1 saturated heterocycles. The van der Waals surface area contributed by atoms with Gasteiger partial charge in [-0.2, -0.15) is 0 Å².